The topological polar surface area (TPSA) is 81.2 Å². The monoisotopic (exact) mass is 332 g/mol. The van der Waals surface area contributed by atoms with Crippen molar-refractivity contribution in [1.82, 2.24) is 14.7 Å². The first-order chi connectivity index (χ1) is 10.9. The molecular weight excluding hydrogens is 312 g/mol. The molecular formula is C16H20N4O2S. The Morgan fingerprint density at radius 3 is 2.57 bits per heavy atom. The molecule has 1 aliphatic heterocycles. The highest BCUT2D eigenvalue weighted by Crippen LogP contribution is 2.37. The van der Waals surface area contributed by atoms with Gasteiger partial charge in [0.1, 0.15) is 0 Å². The number of hydrogen-bond donors (Lipinski definition) is 1. The van der Waals surface area contributed by atoms with Crippen molar-refractivity contribution in [3.8, 4) is 0 Å². The van der Waals surface area contributed by atoms with E-state index in [1.54, 1.807) is 12.1 Å². The van der Waals surface area contributed by atoms with E-state index in [0.717, 1.165) is 47.7 Å². The molecule has 2 N–H and O–H groups in total. The SMILES string of the molecule is Cc1nn(C)c(C)c1[C@@H]1CCCN1C(=O)c1ccc(C(N)=O)s1. The van der Waals surface area contributed by atoms with Gasteiger partial charge in [0.2, 0.25) is 0 Å². The normalized spacial score (nSPS) is 17.7. The van der Waals surface area contributed by atoms with Crippen molar-refractivity contribution in [3.63, 3.8) is 0 Å². The van der Waals surface area contributed by atoms with Crippen LogP contribution in [0.4, 0.5) is 0 Å². The van der Waals surface area contributed by atoms with Crippen LogP contribution in [-0.4, -0.2) is 33.0 Å². The van der Waals surface area contributed by atoms with E-state index in [1.165, 1.54) is 0 Å². The number of nitrogens with two attached hydrogens (primary N) is 1. The fraction of sp³-hybridized carbons (Fsp3) is 0.438. The Morgan fingerprint density at radius 1 is 1.30 bits per heavy atom. The minimum Gasteiger partial charge on any atom is -0.365 e. The fourth-order valence-electron chi connectivity index (χ4n) is 3.31. The Bertz CT molecular complexity index is 777. The molecule has 0 aromatic carbocycles. The molecule has 2 aromatic heterocycles. The van der Waals surface area contributed by atoms with E-state index >= 15 is 0 Å². The van der Waals surface area contributed by atoms with Crippen molar-refractivity contribution in [2.75, 3.05) is 6.54 Å². The zero-order chi connectivity index (χ0) is 16.7. The van der Waals surface area contributed by atoms with E-state index < -0.39 is 5.91 Å². The summed E-state index contributed by atoms with van der Waals surface area (Å²) in [5.74, 6) is -0.529. The van der Waals surface area contributed by atoms with Crippen molar-refractivity contribution in [2.45, 2.75) is 32.7 Å². The average Bonchev–Trinajstić information content (AvgIpc) is 3.19. The van der Waals surface area contributed by atoms with Gasteiger partial charge in [-0.1, -0.05) is 0 Å². The average molecular weight is 332 g/mol. The molecule has 1 saturated heterocycles. The van der Waals surface area contributed by atoms with E-state index in [0.29, 0.717) is 9.75 Å². The second-order valence-corrected chi connectivity index (χ2v) is 6.98. The molecule has 1 atom stereocenters. The van der Waals surface area contributed by atoms with Gasteiger partial charge in [0.25, 0.3) is 11.8 Å². The first-order valence-corrected chi connectivity index (χ1v) is 8.42. The number of primary amides is 1. The number of hydrogen-bond acceptors (Lipinski definition) is 4. The van der Waals surface area contributed by atoms with E-state index in [4.69, 9.17) is 5.73 Å². The molecule has 0 aliphatic carbocycles. The van der Waals surface area contributed by atoms with Crippen LogP contribution in [0.1, 0.15) is 55.2 Å². The molecule has 0 bridgehead atoms. The van der Waals surface area contributed by atoms with Gasteiger partial charge in [-0.05, 0) is 38.8 Å². The second kappa shape index (κ2) is 5.81. The van der Waals surface area contributed by atoms with Crippen molar-refractivity contribution in [2.24, 2.45) is 12.8 Å². The van der Waals surface area contributed by atoms with E-state index in [-0.39, 0.29) is 11.9 Å². The molecule has 2 aromatic rings. The first-order valence-electron chi connectivity index (χ1n) is 7.61. The van der Waals surface area contributed by atoms with Gasteiger partial charge < -0.3 is 10.6 Å². The highest BCUT2D eigenvalue weighted by Gasteiger charge is 2.34. The lowest BCUT2D eigenvalue weighted by Crippen LogP contribution is -2.30. The Kier molecular flexibility index (Phi) is 3.97. The molecule has 2 amide bonds. The summed E-state index contributed by atoms with van der Waals surface area (Å²) in [6.45, 7) is 4.74. The predicted molar refractivity (Wildman–Crippen MR) is 88.5 cm³/mol. The molecule has 23 heavy (non-hydrogen) atoms. The van der Waals surface area contributed by atoms with Gasteiger partial charge in [-0.3, -0.25) is 14.3 Å². The van der Waals surface area contributed by atoms with E-state index in [2.05, 4.69) is 5.10 Å². The minimum absolute atomic E-state index is 0.0346. The number of aryl methyl sites for hydroxylation is 2. The predicted octanol–water partition coefficient (Wildman–Crippen LogP) is 2.17. The lowest BCUT2D eigenvalue weighted by Gasteiger charge is -2.25. The van der Waals surface area contributed by atoms with Crippen LogP contribution < -0.4 is 5.73 Å². The summed E-state index contributed by atoms with van der Waals surface area (Å²) in [4.78, 5) is 27.0. The summed E-state index contributed by atoms with van der Waals surface area (Å²) in [7, 11) is 1.92. The van der Waals surface area contributed by atoms with Crippen molar-refractivity contribution in [3.05, 3.63) is 38.8 Å². The van der Waals surface area contributed by atoms with Gasteiger partial charge in [-0.25, -0.2) is 0 Å². The number of thiophene rings is 1. The Morgan fingerprint density at radius 2 is 2.00 bits per heavy atom. The van der Waals surface area contributed by atoms with Gasteiger partial charge in [-0.15, -0.1) is 11.3 Å². The van der Waals surface area contributed by atoms with Gasteiger partial charge in [0.05, 0.1) is 21.5 Å². The van der Waals surface area contributed by atoms with Crippen molar-refractivity contribution >= 4 is 23.2 Å². The third kappa shape index (κ3) is 2.65. The van der Waals surface area contributed by atoms with Crippen LogP contribution in [0.25, 0.3) is 0 Å². The number of aromatic nitrogens is 2. The summed E-state index contributed by atoms with van der Waals surface area (Å²) in [5, 5.41) is 4.47. The zero-order valence-corrected chi connectivity index (χ0v) is 14.3. The standard InChI is InChI=1S/C16H20N4O2S/c1-9-14(10(2)19(3)18-9)11-5-4-8-20(11)16(22)13-7-6-12(23-13)15(17)21/h6-7,11H,4-5,8H2,1-3H3,(H2,17,21)/t11-/m0/s1. The number of amides is 2. The number of carbonyl (C=O) groups is 2. The maximum Gasteiger partial charge on any atom is 0.264 e. The maximum atomic E-state index is 12.9. The lowest BCUT2D eigenvalue weighted by atomic mass is 10.0. The number of nitrogens with zero attached hydrogens (tertiary/aromatic N) is 3. The van der Waals surface area contributed by atoms with Gasteiger partial charge in [0.15, 0.2) is 0 Å². The van der Waals surface area contributed by atoms with Crippen LogP contribution >= 0.6 is 11.3 Å². The van der Waals surface area contributed by atoms with Gasteiger partial charge in [0, 0.05) is 24.8 Å². The van der Waals surface area contributed by atoms with Crippen molar-refractivity contribution < 1.29 is 9.59 Å². The number of carbonyl (C=O) groups excluding carboxylic acids is 2. The molecule has 0 unspecified atom stereocenters. The Labute approximate surface area is 138 Å². The van der Waals surface area contributed by atoms with Crippen LogP contribution in [0.3, 0.4) is 0 Å². The summed E-state index contributed by atoms with van der Waals surface area (Å²) in [6, 6.07) is 3.35. The van der Waals surface area contributed by atoms with Crippen LogP contribution in [0.2, 0.25) is 0 Å². The van der Waals surface area contributed by atoms with E-state index in [1.807, 2.05) is 30.5 Å². The third-order valence-corrected chi connectivity index (χ3v) is 5.56. The Hall–Kier alpha value is -2.15. The summed E-state index contributed by atoms with van der Waals surface area (Å²) in [5.41, 5.74) is 8.49. The van der Waals surface area contributed by atoms with Crippen LogP contribution in [0.5, 0.6) is 0 Å². The third-order valence-electron chi connectivity index (χ3n) is 4.47. The van der Waals surface area contributed by atoms with E-state index in [9.17, 15) is 9.59 Å². The summed E-state index contributed by atoms with van der Waals surface area (Å²) >= 11 is 1.16. The molecule has 7 heteroatoms. The second-order valence-electron chi connectivity index (χ2n) is 5.89. The number of likely N-dealkylation sites (tertiary alicyclic amines) is 1. The molecule has 1 fully saturated rings. The largest absolute Gasteiger partial charge is 0.365 e. The van der Waals surface area contributed by atoms with Crippen LogP contribution in [-0.2, 0) is 7.05 Å². The highest BCUT2D eigenvalue weighted by atomic mass is 32.1. The molecule has 1 aliphatic rings. The summed E-state index contributed by atoms with van der Waals surface area (Å²) < 4.78 is 1.86. The fourth-order valence-corrected chi connectivity index (χ4v) is 4.12. The quantitative estimate of drug-likeness (QED) is 0.935. The smallest absolute Gasteiger partial charge is 0.264 e. The summed E-state index contributed by atoms with van der Waals surface area (Å²) in [6.07, 6.45) is 1.91. The molecule has 122 valence electrons. The molecule has 3 rings (SSSR count). The molecule has 0 spiro atoms. The molecule has 0 radical (unpaired) electrons. The first kappa shape index (κ1) is 15.7. The van der Waals surface area contributed by atoms with Gasteiger partial charge >= 0.3 is 0 Å². The highest BCUT2D eigenvalue weighted by molar-refractivity contribution is 7.15. The maximum absolute atomic E-state index is 12.9. The lowest BCUT2D eigenvalue weighted by molar-refractivity contribution is 0.0740. The molecule has 6 nitrogen and oxygen atoms in total. The molecule has 0 saturated carbocycles. The molecule has 3 heterocycles. The number of rotatable bonds is 3. The Balaban J connectivity index is 1.91. The zero-order valence-electron chi connectivity index (χ0n) is 13.5. The van der Waals surface area contributed by atoms with Crippen LogP contribution in [0, 0.1) is 13.8 Å². The van der Waals surface area contributed by atoms with Crippen LogP contribution in [0.15, 0.2) is 12.1 Å². The minimum atomic E-state index is -0.494. The van der Waals surface area contributed by atoms with Gasteiger partial charge in [-0.2, -0.15) is 5.10 Å². The van der Waals surface area contributed by atoms with Crippen molar-refractivity contribution in [1.29, 1.82) is 0 Å².